The maximum absolute atomic E-state index is 11.7. The van der Waals surface area contributed by atoms with Crippen LogP contribution in [0, 0.1) is 5.92 Å². The maximum Gasteiger partial charge on any atom is 0.306 e. The molecule has 0 aliphatic rings. The van der Waals surface area contributed by atoms with Gasteiger partial charge < -0.3 is 19.5 Å². The summed E-state index contributed by atoms with van der Waals surface area (Å²) in [7, 11) is 3.14. The number of esters is 1. The van der Waals surface area contributed by atoms with Crippen molar-refractivity contribution in [1.29, 1.82) is 0 Å². The summed E-state index contributed by atoms with van der Waals surface area (Å²) in [6, 6.07) is 5.44. The minimum Gasteiger partial charge on any atom is -0.497 e. The van der Waals surface area contributed by atoms with Crippen LogP contribution in [0.2, 0.25) is 0 Å². The van der Waals surface area contributed by atoms with Crippen molar-refractivity contribution in [2.24, 2.45) is 5.92 Å². The molecule has 6 nitrogen and oxygen atoms in total. The van der Waals surface area contributed by atoms with Crippen LogP contribution < -0.4 is 14.8 Å². The van der Waals surface area contributed by atoms with Crippen LogP contribution >= 0.6 is 0 Å². The molecule has 0 saturated heterocycles. The summed E-state index contributed by atoms with van der Waals surface area (Å²) in [5.41, 5.74) is 0.905. The Morgan fingerprint density at radius 1 is 1.09 bits per heavy atom. The van der Waals surface area contributed by atoms with Gasteiger partial charge in [0.15, 0.2) is 6.61 Å². The minimum atomic E-state index is -0.411. The van der Waals surface area contributed by atoms with E-state index in [-0.39, 0.29) is 18.9 Å². The fraction of sp³-hybridized carbons (Fsp3) is 0.529. The van der Waals surface area contributed by atoms with Crippen LogP contribution in [0.25, 0.3) is 0 Å². The number of aryl methyl sites for hydroxylation is 1. The van der Waals surface area contributed by atoms with Crippen molar-refractivity contribution in [3.63, 3.8) is 0 Å². The molecular weight excluding hydrogens is 298 g/mol. The van der Waals surface area contributed by atoms with Crippen molar-refractivity contribution in [1.82, 2.24) is 5.32 Å². The van der Waals surface area contributed by atoms with Crippen molar-refractivity contribution in [3.05, 3.63) is 23.8 Å². The lowest BCUT2D eigenvalue weighted by Crippen LogP contribution is -2.31. The van der Waals surface area contributed by atoms with Crippen molar-refractivity contribution in [3.8, 4) is 11.5 Å². The number of nitrogens with one attached hydrogen (secondary N) is 1. The van der Waals surface area contributed by atoms with E-state index in [4.69, 9.17) is 14.2 Å². The molecule has 1 amide bonds. The molecule has 1 N–H and O–H groups in total. The fourth-order valence-corrected chi connectivity index (χ4v) is 1.84. The highest BCUT2D eigenvalue weighted by atomic mass is 16.5. The third-order valence-electron chi connectivity index (χ3n) is 3.10. The first-order valence-electron chi connectivity index (χ1n) is 7.59. The second-order valence-electron chi connectivity index (χ2n) is 5.58. The largest absolute Gasteiger partial charge is 0.497 e. The van der Waals surface area contributed by atoms with Gasteiger partial charge in [-0.15, -0.1) is 0 Å². The zero-order valence-electron chi connectivity index (χ0n) is 14.2. The lowest BCUT2D eigenvalue weighted by molar-refractivity contribution is -0.148. The molecule has 0 heterocycles. The number of methoxy groups -OCH3 is 2. The van der Waals surface area contributed by atoms with E-state index in [1.165, 1.54) is 0 Å². The first kappa shape index (κ1) is 18.8. The van der Waals surface area contributed by atoms with Crippen molar-refractivity contribution < 1.29 is 23.8 Å². The summed E-state index contributed by atoms with van der Waals surface area (Å²) in [5, 5.41) is 2.69. The molecule has 6 heteroatoms. The molecular formula is C17H25NO5. The van der Waals surface area contributed by atoms with E-state index in [1.807, 2.05) is 26.0 Å². The Morgan fingerprint density at radius 3 is 2.22 bits per heavy atom. The van der Waals surface area contributed by atoms with Gasteiger partial charge in [0, 0.05) is 19.0 Å². The molecule has 23 heavy (non-hydrogen) atoms. The Balaban J connectivity index is 2.40. The summed E-state index contributed by atoms with van der Waals surface area (Å²) in [5.74, 6) is 1.00. The van der Waals surface area contributed by atoms with E-state index in [0.29, 0.717) is 30.4 Å². The number of carbonyl (C=O) groups excluding carboxylic acids is 2. The van der Waals surface area contributed by atoms with Crippen LogP contribution in [-0.4, -0.2) is 39.2 Å². The Morgan fingerprint density at radius 2 is 1.70 bits per heavy atom. The predicted molar refractivity (Wildman–Crippen MR) is 86.7 cm³/mol. The third-order valence-corrected chi connectivity index (χ3v) is 3.10. The van der Waals surface area contributed by atoms with Gasteiger partial charge in [-0.2, -0.15) is 0 Å². The van der Waals surface area contributed by atoms with Crippen LogP contribution in [0.4, 0.5) is 0 Å². The van der Waals surface area contributed by atoms with Gasteiger partial charge in [-0.25, -0.2) is 0 Å². The maximum atomic E-state index is 11.7. The molecule has 0 unspecified atom stereocenters. The highest BCUT2D eigenvalue weighted by molar-refractivity contribution is 5.80. The third kappa shape index (κ3) is 7.54. The van der Waals surface area contributed by atoms with Crippen LogP contribution in [0.1, 0.15) is 25.8 Å². The summed E-state index contributed by atoms with van der Waals surface area (Å²) in [6.07, 6.45) is 0.674. The Hall–Kier alpha value is -2.24. The number of hydrogen-bond acceptors (Lipinski definition) is 5. The van der Waals surface area contributed by atoms with Crippen LogP contribution in [0.15, 0.2) is 18.2 Å². The average molecular weight is 323 g/mol. The number of benzene rings is 1. The standard InChI is InChI=1S/C17H25NO5/c1-12(2)10-18-16(19)11-23-17(20)6-5-13-7-14(21-3)9-15(8-13)22-4/h7-9,12H,5-6,10-11H2,1-4H3,(H,18,19). The van der Waals surface area contributed by atoms with Gasteiger partial charge in [0.1, 0.15) is 11.5 Å². The average Bonchev–Trinajstić information content (AvgIpc) is 2.55. The van der Waals surface area contributed by atoms with Gasteiger partial charge in [-0.3, -0.25) is 9.59 Å². The van der Waals surface area contributed by atoms with Crippen LogP contribution in [0.3, 0.4) is 0 Å². The minimum absolute atomic E-state index is 0.188. The molecule has 0 aromatic heterocycles. The number of carbonyl (C=O) groups is 2. The van der Waals surface area contributed by atoms with Gasteiger partial charge in [0.25, 0.3) is 5.91 Å². The SMILES string of the molecule is COc1cc(CCC(=O)OCC(=O)NCC(C)C)cc(OC)c1. The van der Waals surface area contributed by atoms with Gasteiger partial charge in [-0.1, -0.05) is 13.8 Å². The molecule has 0 fully saturated rings. The number of ether oxygens (including phenoxy) is 3. The fourth-order valence-electron chi connectivity index (χ4n) is 1.84. The summed E-state index contributed by atoms with van der Waals surface area (Å²) in [4.78, 5) is 23.2. The Bertz CT molecular complexity index is 505. The molecule has 1 rings (SSSR count). The molecule has 1 aromatic carbocycles. The zero-order valence-corrected chi connectivity index (χ0v) is 14.2. The van der Waals surface area contributed by atoms with E-state index < -0.39 is 5.97 Å². The molecule has 0 atom stereocenters. The quantitative estimate of drug-likeness (QED) is 0.703. The van der Waals surface area contributed by atoms with Crippen molar-refractivity contribution in [2.75, 3.05) is 27.4 Å². The molecule has 0 saturated carbocycles. The van der Waals surface area contributed by atoms with E-state index in [9.17, 15) is 9.59 Å². The van der Waals surface area contributed by atoms with Gasteiger partial charge >= 0.3 is 5.97 Å². The Kier molecular flexibility index (Phi) is 7.94. The summed E-state index contributed by atoms with van der Waals surface area (Å²) >= 11 is 0. The van der Waals surface area contributed by atoms with Crippen molar-refractivity contribution >= 4 is 11.9 Å². The molecule has 0 spiro atoms. The summed E-state index contributed by atoms with van der Waals surface area (Å²) < 4.78 is 15.3. The zero-order chi connectivity index (χ0) is 17.2. The number of amides is 1. The second-order valence-corrected chi connectivity index (χ2v) is 5.58. The predicted octanol–water partition coefficient (Wildman–Crippen LogP) is 1.95. The highest BCUT2D eigenvalue weighted by Crippen LogP contribution is 2.23. The first-order valence-corrected chi connectivity index (χ1v) is 7.59. The van der Waals surface area contributed by atoms with E-state index in [1.54, 1.807) is 20.3 Å². The van der Waals surface area contributed by atoms with E-state index in [0.717, 1.165) is 5.56 Å². The van der Waals surface area contributed by atoms with Gasteiger partial charge in [-0.05, 0) is 30.0 Å². The van der Waals surface area contributed by atoms with Crippen LogP contribution in [-0.2, 0) is 20.7 Å². The molecule has 1 aromatic rings. The normalized spacial score (nSPS) is 10.3. The lowest BCUT2D eigenvalue weighted by atomic mass is 10.1. The van der Waals surface area contributed by atoms with Gasteiger partial charge in [0.2, 0.25) is 0 Å². The number of hydrogen-bond donors (Lipinski definition) is 1. The Labute approximate surface area is 137 Å². The van der Waals surface area contributed by atoms with Gasteiger partial charge in [0.05, 0.1) is 14.2 Å². The van der Waals surface area contributed by atoms with E-state index >= 15 is 0 Å². The first-order chi connectivity index (χ1) is 10.9. The second kappa shape index (κ2) is 9.71. The van der Waals surface area contributed by atoms with E-state index in [2.05, 4.69) is 5.32 Å². The number of rotatable bonds is 9. The lowest BCUT2D eigenvalue weighted by Gasteiger charge is -2.09. The van der Waals surface area contributed by atoms with Crippen LogP contribution in [0.5, 0.6) is 11.5 Å². The molecule has 0 bridgehead atoms. The van der Waals surface area contributed by atoms with Crippen molar-refractivity contribution in [2.45, 2.75) is 26.7 Å². The highest BCUT2D eigenvalue weighted by Gasteiger charge is 2.09. The molecule has 128 valence electrons. The molecule has 0 radical (unpaired) electrons. The molecule has 0 aliphatic heterocycles. The monoisotopic (exact) mass is 323 g/mol. The molecule has 0 aliphatic carbocycles. The topological polar surface area (TPSA) is 73.9 Å². The summed E-state index contributed by atoms with van der Waals surface area (Å²) in [6.45, 7) is 4.32. The smallest absolute Gasteiger partial charge is 0.306 e.